The van der Waals surface area contributed by atoms with Gasteiger partial charge < -0.3 is 10.8 Å². The number of hydrogen-bond acceptors (Lipinski definition) is 3. The first kappa shape index (κ1) is 9.80. The molecule has 1 heterocycles. The van der Waals surface area contributed by atoms with Gasteiger partial charge in [-0.3, -0.25) is 0 Å². The molecule has 0 aliphatic rings. The van der Waals surface area contributed by atoms with Crippen molar-refractivity contribution in [2.45, 2.75) is 0 Å². The predicted molar refractivity (Wildman–Crippen MR) is 60.8 cm³/mol. The Morgan fingerprint density at radius 2 is 2.00 bits per heavy atom. The third-order valence-corrected chi connectivity index (χ3v) is 2.31. The number of rotatable bonds is 1. The molecule has 0 saturated carbocycles. The summed E-state index contributed by atoms with van der Waals surface area (Å²) in [5.74, 6) is 0.138. The highest BCUT2D eigenvalue weighted by Crippen LogP contribution is 2.33. The molecule has 3 nitrogen and oxygen atoms in total. The number of aromatic nitrogens is 1. The molecule has 0 bridgehead atoms. The van der Waals surface area contributed by atoms with Crippen LogP contribution in [0.3, 0.4) is 0 Å². The van der Waals surface area contributed by atoms with Gasteiger partial charge in [-0.05, 0) is 24.3 Å². The van der Waals surface area contributed by atoms with Gasteiger partial charge in [-0.25, -0.2) is 4.98 Å². The van der Waals surface area contributed by atoms with Crippen LogP contribution in [0.4, 0.5) is 5.69 Å². The van der Waals surface area contributed by atoms with E-state index in [1.165, 1.54) is 0 Å². The van der Waals surface area contributed by atoms with Crippen LogP contribution in [0, 0.1) is 0 Å². The van der Waals surface area contributed by atoms with E-state index in [4.69, 9.17) is 17.3 Å². The molecule has 0 aliphatic heterocycles. The fourth-order valence-electron chi connectivity index (χ4n) is 1.40. The molecule has 0 aliphatic carbocycles. The van der Waals surface area contributed by atoms with Gasteiger partial charge in [0.15, 0.2) is 0 Å². The second kappa shape index (κ2) is 3.79. The van der Waals surface area contributed by atoms with Crippen LogP contribution in [-0.2, 0) is 0 Å². The van der Waals surface area contributed by atoms with Crippen molar-refractivity contribution < 1.29 is 5.11 Å². The first-order valence-corrected chi connectivity index (χ1v) is 4.75. The third-order valence-electron chi connectivity index (χ3n) is 2.09. The molecule has 0 fully saturated rings. The van der Waals surface area contributed by atoms with Gasteiger partial charge >= 0.3 is 0 Å². The second-order valence-corrected chi connectivity index (χ2v) is 3.50. The minimum absolute atomic E-state index is 0.138. The van der Waals surface area contributed by atoms with E-state index in [2.05, 4.69) is 4.98 Å². The quantitative estimate of drug-likeness (QED) is 0.574. The topological polar surface area (TPSA) is 59.1 Å². The molecule has 0 unspecified atom stereocenters. The number of aromatic hydroxyl groups is 1. The van der Waals surface area contributed by atoms with E-state index in [-0.39, 0.29) is 5.75 Å². The predicted octanol–water partition coefficient (Wildman–Crippen LogP) is 2.69. The van der Waals surface area contributed by atoms with Gasteiger partial charge in [0.1, 0.15) is 10.9 Å². The molecule has 76 valence electrons. The van der Waals surface area contributed by atoms with Crippen molar-refractivity contribution in [3.63, 3.8) is 0 Å². The molecule has 0 spiro atoms. The monoisotopic (exact) mass is 220 g/mol. The second-order valence-electron chi connectivity index (χ2n) is 3.11. The Bertz CT molecular complexity index is 462. The number of nitrogen functional groups attached to an aromatic ring is 1. The van der Waals surface area contributed by atoms with E-state index in [1.807, 2.05) is 0 Å². The van der Waals surface area contributed by atoms with E-state index in [1.54, 1.807) is 36.5 Å². The molecule has 3 N–H and O–H groups in total. The fourth-order valence-corrected chi connectivity index (χ4v) is 1.51. The summed E-state index contributed by atoms with van der Waals surface area (Å²) in [5.41, 5.74) is 7.61. The number of hydrogen-bond donors (Lipinski definition) is 2. The van der Waals surface area contributed by atoms with E-state index in [9.17, 15) is 5.11 Å². The Kier molecular flexibility index (Phi) is 2.47. The minimum Gasteiger partial charge on any atom is -0.507 e. The van der Waals surface area contributed by atoms with Gasteiger partial charge in [-0.15, -0.1) is 0 Å². The van der Waals surface area contributed by atoms with Crippen molar-refractivity contribution in [1.82, 2.24) is 4.98 Å². The van der Waals surface area contributed by atoms with E-state index >= 15 is 0 Å². The van der Waals surface area contributed by atoms with Gasteiger partial charge in [-0.1, -0.05) is 17.7 Å². The average Bonchev–Trinajstić information content (AvgIpc) is 2.20. The Morgan fingerprint density at radius 3 is 2.60 bits per heavy atom. The van der Waals surface area contributed by atoms with Gasteiger partial charge in [0.05, 0.1) is 0 Å². The average molecular weight is 221 g/mol. The first-order valence-electron chi connectivity index (χ1n) is 4.38. The maximum Gasteiger partial charge on any atom is 0.129 e. The molecule has 4 heteroatoms. The van der Waals surface area contributed by atoms with E-state index in [0.717, 1.165) is 5.56 Å². The highest BCUT2D eigenvalue weighted by Gasteiger charge is 2.07. The highest BCUT2D eigenvalue weighted by atomic mass is 35.5. The Labute approximate surface area is 92.1 Å². The number of nitrogens with two attached hydrogens (primary N) is 1. The first-order chi connectivity index (χ1) is 7.18. The molecule has 0 radical (unpaired) electrons. The van der Waals surface area contributed by atoms with Crippen molar-refractivity contribution in [2.75, 3.05) is 5.73 Å². The summed E-state index contributed by atoms with van der Waals surface area (Å²) in [4.78, 5) is 3.94. The van der Waals surface area contributed by atoms with Crippen LogP contribution in [-0.4, -0.2) is 10.1 Å². The van der Waals surface area contributed by atoms with Crippen molar-refractivity contribution in [3.05, 3.63) is 41.7 Å². The summed E-state index contributed by atoms with van der Waals surface area (Å²) >= 11 is 5.67. The van der Waals surface area contributed by atoms with Crippen molar-refractivity contribution in [2.24, 2.45) is 0 Å². The SMILES string of the molecule is Nc1cccc(O)c1-c1ccc(Cl)nc1. The van der Waals surface area contributed by atoms with Crippen molar-refractivity contribution in [3.8, 4) is 16.9 Å². The van der Waals surface area contributed by atoms with Crippen LogP contribution in [0.15, 0.2) is 36.5 Å². The molecule has 1 aromatic carbocycles. The van der Waals surface area contributed by atoms with Gasteiger partial charge in [-0.2, -0.15) is 0 Å². The molecule has 1 aromatic heterocycles. The zero-order chi connectivity index (χ0) is 10.8. The van der Waals surface area contributed by atoms with Gasteiger partial charge in [0.25, 0.3) is 0 Å². The smallest absolute Gasteiger partial charge is 0.129 e. The lowest BCUT2D eigenvalue weighted by Crippen LogP contribution is -1.90. The van der Waals surface area contributed by atoms with Gasteiger partial charge in [0.2, 0.25) is 0 Å². The van der Waals surface area contributed by atoms with Crippen LogP contribution in [0.2, 0.25) is 5.15 Å². The Morgan fingerprint density at radius 1 is 1.20 bits per heavy atom. The number of benzene rings is 1. The number of phenolic OH excluding ortho intramolecular Hbond substituents is 1. The summed E-state index contributed by atoms with van der Waals surface area (Å²) < 4.78 is 0. The molecule has 0 amide bonds. The number of halogens is 1. The van der Waals surface area contributed by atoms with Crippen molar-refractivity contribution >= 4 is 17.3 Å². The Hall–Kier alpha value is -1.74. The molecule has 2 aromatic rings. The van der Waals surface area contributed by atoms with Crippen LogP contribution < -0.4 is 5.73 Å². The van der Waals surface area contributed by atoms with E-state index < -0.39 is 0 Å². The summed E-state index contributed by atoms with van der Waals surface area (Å²) in [6, 6.07) is 8.42. The maximum absolute atomic E-state index is 9.67. The molecular weight excluding hydrogens is 212 g/mol. The number of pyridine rings is 1. The zero-order valence-corrected chi connectivity index (χ0v) is 8.57. The maximum atomic E-state index is 9.67. The minimum atomic E-state index is 0.138. The lowest BCUT2D eigenvalue weighted by atomic mass is 10.0. The molecule has 2 rings (SSSR count). The number of nitrogens with zero attached hydrogens (tertiary/aromatic N) is 1. The van der Waals surface area contributed by atoms with Crippen molar-refractivity contribution in [1.29, 1.82) is 0 Å². The van der Waals surface area contributed by atoms with E-state index in [0.29, 0.717) is 16.4 Å². The third kappa shape index (κ3) is 1.87. The van der Waals surface area contributed by atoms with Crippen LogP contribution in [0.25, 0.3) is 11.1 Å². The summed E-state index contributed by atoms with van der Waals surface area (Å²) in [6.07, 6.45) is 1.58. The van der Waals surface area contributed by atoms with Crippen LogP contribution in [0.1, 0.15) is 0 Å². The normalized spacial score (nSPS) is 10.2. The van der Waals surface area contributed by atoms with Crippen LogP contribution in [0.5, 0.6) is 5.75 Å². The summed E-state index contributed by atoms with van der Waals surface area (Å²) in [6.45, 7) is 0. The molecule has 0 saturated heterocycles. The molecular formula is C11H9ClN2O. The molecule has 0 atom stereocenters. The summed E-state index contributed by atoms with van der Waals surface area (Å²) in [7, 11) is 0. The standard InChI is InChI=1S/C11H9ClN2O/c12-10-5-4-7(6-14-10)11-8(13)2-1-3-9(11)15/h1-6,15H,13H2. The highest BCUT2D eigenvalue weighted by molar-refractivity contribution is 6.29. The lowest BCUT2D eigenvalue weighted by Gasteiger charge is -2.07. The fraction of sp³-hybridized carbons (Fsp3) is 0. The number of phenols is 1. The number of anilines is 1. The Balaban J connectivity index is 2.58. The van der Waals surface area contributed by atoms with Crippen LogP contribution >= 0.6 is 11.6 Å². The lowest BCUT2D eigenvalue weighted by molar-refractivity contribution is 0.477. The largest absolute Gasteiger partial charge is 0.507 e. The summed E-state index contributed by atoms with van der Waals surface area (Å²) in [5, 5.41) is 10.1. The molecule has 15 heavy (non-hydrogen) atoms. The van der Waals surface area contributed by atoms with Gasteiger partial charge in [0, 0.05) is 23.0 Å². The zero-order valence-electron chi connectivity index (χ0n) is 7.81.